The number of anilines is 1. The van der Waals surface area contributed by atoms with Gasteiger partial charge in [0.2, 0.25) is 0 Å². The third-order valence-corrected chi connectivity index (χ3v) is 3.10. The van der Waals surface area contributed by atoms with Crippen molar-refractivity contribution in [1.29, 1.82) is 0 Å². The van der Waals surface area contributed by atoms with Gasteiger partial charge in [-0.25, -0.2) is 18.7 Å². The van der Waals surface area contributed by atoms with Gasteiger partial charge in [0.1, 0.15) is 17.2 Å². The zero-order valence-corrected chi connectivity index (χ0v) is 10.8. The highest BCUT2D eigenvalue weighted by atomic mass is 19.1. The van der Waals surface area contributed by atoms with Gasteiger partial charge in [-0.2, -0.15) is 0 Å². The highest BCUT2D eigenvalue weighted by molar-refractivity contribution is 5.85. The molecule has 2 heterocycles. The number of nitrogens with one attached hydrogen (secondary N) is 1. The molecule has 0 spiro atoms. The molecule has 2 aromatic heterocycles. The van der Waals surface area contributed by atoms with Gasteiger partial charge in [0.05, 0.1) is 11.8 Å². The molecule has 0 aliphatic rings. The first-order valence-electron chi connectivity index (χ1n) is 6.09. The van der Waals surface area contributed by atoms with Crippen molar-refractivity contribution in [3.05, 3.63) is 54.0 Å². The minimum Gasteiger partial charge on any atom is -0.364 e. The maximum absolute atomic E-state index is 13.6. The lowest BCUT2D eigenvalue weighted by Crippen LogP contribution is -2.04. The van der Waals surface area contributed by atoms with E-state index in [1.807, 2.05) is 17.7 Å². The molecule has 0 radical (unpaired) electrons. The Bertz CT molecular complexity index is 767. The van der Waals surface area contributed by atoms with Gasteiger partial charge in [-0.05, 0) is 12.1 Å². The van der Waals surface area contributed by atoms with E-state index in [1.165, 1.54) is 12.1 Å². The summed E-state index contributed by atoms with van der Waals surface area (Å²) >= 11 is 0. The molecule has 102 valence electrons. The van der Waals surface area contributed by atoms with Crippen molar-refractivity contribution in [2.24, 2.45) is 7.05 Å². The summed E-state index contributed by atoms with van der Waals surface area (Å²) in [4.78, 5) is 8.45. The molecule has 0 unspecified atom stereocenters. The summed E-state index contributed by atoms with van der Waals surface area (Å²) < 4.78 is 28.3. The lowest BCUT2D eigenvalue weighted by molar-refractivity contribution is 0.574. The normalized spacial score (nSPS) is 10.9. The number of halogens is 2. The van der Waals surface area contributed by atoms with Gasteiger partial charge in [0.25, 0.3) is 0 Å². The van der Waals surface area contributed by atoms with Gasteiger partial charge < -0.3 is 9.88 Å². The summed E-state index contributed by atoms with van der Waals surface area (Å²) in [7, 11) is 1.89. The van der Waals surface area contributed by atoms with E-state index >= 15 is 0 Å². The van der Waals surface area contributed by atoms with E-state index in [2.05, 4.69) is 15.3 Å². The van der Waals surface area contributed by atoms with Gasteiger partial charge in [0.15, 0.2) is 5.82 Å². The van der Waals surface area contributed by atoms with Crippen molar-refractivity contribution < 1.29 is 8.78 Å². The standard InChI is InChI=1S/C14H12F2N4/c1-20-8-19-13-12(20)4-5-17-14(13)18-7-9-2-3-10(15)6-11(9)16/h2-6,8H,7H2,1H3,(H,17,18). The van der Waals surface area contributed by atoms with Crippen LogP contribution < -0.4 is 5.32 Å². The Morgan fingerprint density at radius 2 is 2.05 bits per heavy atom. The van der Waals surface area contributed by atoms with Crippen LogP contribution in [0.25, 0.3) is 11.0 Å². The molecule has 0 atom stereocenters. The van der Waals surface area contributed by atoms with Crippen LogP contribution in [-0.4, -0.2) is 14.5 Å². The number of hydrogen-bond donors (Lipinski definition) is 1. The largest absolute Gasteiger partial charge is 0.364 e. The second kappa shape index (κ2) is 4.88. The van der Waals surface area contributed by atoms with E-state index in [-0.39, 0.29) is 6.54 Å². The highest BCUT2D eigenvalue weighted by Gasteiger charge is 2.08. The first-order valence-corrected chi connectivity index (χ1v) is 6.09. The van der Waals surface area contributed by atoms with Crippen molar-refractivity contribution in [1.82, 2.24) is 14.5 Å². The van der Waals surface area contributed by atoms with Crippen molar-refractivity contribution in [3.63, 3.8) is 0 Å². The van der Waals surface area contributed by atoms with Crippen LogP contribution in [0.1, 0.15) is 5.56 Å². The minimum atomic E-state index is -0.587. The smallest absolute Gasteiger partial charge is 0.154 e. The topological polar surface area (TPSA) is 42.7 Å². The van der Waals surface area contributed by atoms with Gasteiger partial charge in [-0.15, -0.1) is 0 Å². The molecule has 0 saturated heterocycles. The summed E-state index contributed by atoms with van der Waals surface area (Å²) in [5, 5.41) is 3.03. The van der Waals surface area contributed by atoms with E-state index in [4.69, 9.17) is 0 Å². The Morgan fingerprint density at radius 3 is 2.85 bits per heavy atom. The summed E-state index contributed by atoms with van der Waals surface area (Å²) in [5.74, 6) is -0.589. The lowest BCUT2D eigenvalue weighted by atomic mass is 10.2. The molecular formula is C14H12F2N4. The predicted octanol–water partition coefficient (Wildman–Crippen LogP) is 2.86. The lowest BCUT2D eigenvalue weighted by Gasteiger charge is -2.07. The number of hydrogen-bond acceptors (Lipinski definition) is 3. The van der Waals surface area contributed by atoms with Gasteiger partial charge in [-0.1, -0.05) is 6.07 Å². The van der Waals surface area contributed by atoms with Crippen LogP contribution in [0.5, 0.6) is 0 Å². The molecular weight excluding hydrogens is 262 g/mol. The van der Waals surface area contributed by atoms with Crippen LogP contribution in [0.4, 0.5) is 14.6 Å². The first-order chi connectivity index (χ1) is 9.65. The molecule has 0 saturated carbocycles. The maximum Gasteiger partial charge on any atom is 0.154 e. The Balaban J connectivity index is 1.87. The predicted molar refractivity (Wildman–Crippen MR) is 72.2 cm³/mol. The molecule has 0 aliphatic carbocycles. The zero-order chi connectivity index (χ0) is 14.1. The number of aromatic nitrogens is 3. The average Bonchev–Trinajstić information content (AvgIpc) is 2.80. The van der Waals surface area contributed by atoms with Gasteiger partial charge in [-0.3, -0.25) is 0 Å². The molecule has 1 N–H and O–H groups in total. The summed E-state index contributed by atoms with van der Waals surface area (Å²) in [6, 6.07) is 5.36. The second-order valence-corrected chi connectivity index (χ2v) is 4.47. The van der Waals surface area contributed by atoms with Crippen molar-refractivity contribution >= 4 is 16.9 Å². The molecule has 0 fully saturated rings. The van der Waals surface area contributed by atoms with E-state index in [1.54, 1.807) is 12.5 Å². The number of rotatable bonds is 3. The van der Waals surface area contributed by atoms with Crippen molar-refractivity contribution in [3.8, 4) is 0 Å². The van der Waals surface area contributed by atoms with Crippen LogP contribution in [0.3, 0.4) is 0 Å². The molecule has 0 aliphatic heterocycles. The summed E-state index contributed by atoms with van der Waals surface area (Å²) in [6.45, 7) is 0.217. The fraction of sp³-hybridized carbons (Fsp3) is 0.143. The minimum absolute atomic E-state index is 0.217. The number of aryl methyl sites for hydroxylation is 1. The Morgan fingerprint density at radius 1 is 1.20 bits per heavy atom. The van der Waals surface area contributed by atoms with E-state index in [0.717, 1.165) is 17.1 Å². The molecule has 4 nitrogen and oxygen atoms in total. The number of fused-ring (bicyclic) bond motifs is 1. The number of benzene rings is 1. The number of imidazole rings is 1. The van der Waals surface area contributed by atoms with Crippen LogP contribution in [-0.2, 0) is 13.6 Å². The molecule has 3 rings (SSSR count). The fourth-order valence-electron chi connectivity index (χ4n) is 2.04. The van der Waals surface area contributed by atoms with E-state index in [9.17, 15) is 8.78 Å². The van der Waals surface area contributed by atoms with Crippen LogP contribution >= 0.6 is 0 Å². The Labute approximate surface area is 114 Å². The Hall–Kier alpha value is -2.50. The van der Waals surface area contributed by atoms with E-state index in [0.29, 0.717) is 11.4 Å². The number of nitrogens with zero attached hydrogens (tertiary/aromatic N) is 3. The van der Waals surface area contributed by atoms with E-state index < -0.39 is 11.6 Å². The van der Waals surface area contributed by atoms with Crippen LogP contribution in [0.15, 0.2) is 36.8 Å². The van der Waals surface area contributed by atoms with Gasteiger partial charge in [0, 0.05) is 31.4 Å². The molecule has 6 heteroatoms. The fourth-order valence-corrected chi connectivity index (χ4v) is 2.04. The summed E-state index contributed by atoms with van der Waals surface area (Å²) in [5.41, 5.74) is 2.03. The molecule has 0 amide bonds. The second-order valence-electron chi connectivity index (χ2n) is 4.47. The molecule has 3 aromatic rings. The highest BCUT2D eigenvalue weighted by Crippen LogP contribution is 2.19. The third kappa shape index (κ3) is 2.20. The zero-order valence-electron chi connectivity index (χ0n) is 10.8. The Kier molecular flexibility index (Phi) is 3.06. The van der Waals surface area contributed by atoms with Crippen LogP contribution in [0.2, 0.25) is 0 Å². The quantitative estimate of drug-likeness (QED) is 0.798. The first kappa shape index (κ1) is 12.5. The summed E-state index contributed by atoms with van der Waals surface area (Å²) in [6.07, 6.45) is 3.35. The molecule has 1 aromatic carbocycles. The molecule has 0 bridgehead atoms. The van der Waals surface area contributed by atoms with Gasteiger partial charge >= 0.3 is 0 Å². The van der Waals surface area contributed by atoms with Crippen LogP contribution in [0, 0.1) is 11.6 Å². The van der Waals surface area contributed by atoms with Crippen molar-refractivity contribution in [2.45, 2.75) is 6.54 Å². The number of pyridine rings is 1. The third-order valence-electron chi connectivity index (χ3n) is 3.10. The SMILES string of the molecule is Cn1cnc2c(NCc3ccc(F)cc3F)nccc21. The average molecular weight is 274 g/mol. The van der Waals surface area contributed by atoms with Crippen molar-refractivity contribution in [2.75, 3.05) is 5.32 Å². The molecule has 20 heavy (non-hydrogen) atoms. The monoisotopic (exact) mass is 274 g/mol. The maximum atomic E-state index is 13.6.